The van der Waals surface area contributed by atoms with Gasteiger partial charge in [0.2, 0.25) is 0 Å². The van der Waals surface area contributed by atoms with Crippen LogP contribution in [-0.2, 0) is 0 Å². The van der Waals surface area contributed by atoms with E-state index in [1.165, 1.54) is 12.1 Å². The van der Waals surface area contributed by atoms with Crippen LogP contribution in [0.1, 0.15) is 10.4 Å². The van der Waals surface area contributed by atoms with Crippen LogP contribution in [-0.4, -0.2) is 19.1 Å². The van der Waals surface area contributed by atoms with Gasteiger partial charge in [0.05, 0.1) is 10.7 Å². The third kappa shape index (κ3) is 2.82. The number of rotatable bonds is 2. The zero-order valence-corrected chi connectivity index (χ0v) is 11.9. The highest BCUT2D eigenvalue weighted by Crippen LogP contribution is 2.38. The Balaban J connectivity index is 1.89. The Bertz CT molecular complexity index is 752. The number of nitrogens with one attached hydrogen (secondary N) is 1. The van der Waals surface area contributed by atoms with Crippen LogP contribution in [0.15, 0.2) is 30.3 Å². The predicted octanol–water partition coefficient (Wildman–Crippen LogP) is 3.64. The molecule has 0 saturated carbocycles. The van der Waals surface area contributed by atoms with Gasteiger partial charge in [-0.15, -0.1) is 0 Å². The van der Waals surface area contributed by atoms with Crippen LogP contribution >= 0.6 is 11.6 Å². The van der Waals surface area contributed by atoms with Crippen LogP contribution in [0.3, 0.4) is 0 Å². The topological polar surface area (TPSA) is 47.6 Å². The van der Waals surface area contributed by atoms with E-state index in [0.29, 0.717) is 24.7 Å². The Kier molecular flexibility index (Phi) is 3.85. The van der Waals surface area contributed by atoms with E-state index in [2.05, 4.69) is 5.32 Å². The van der Waals surface area contributed by atoms with Crippen LogP contribution in [0.5, 0.6) is 11.5 Å². The molecule has 22 heavy (non-hydrogen) atoms. The van der Waals surface area contributed by atoms with Gasteiger partial charge in [-0.1, -0.05) is 11.6 Å². The van der Waals surface area contributed by atoms with Crippen molar-refractivity contribution < 1.29 is 23.0 Å². The Hall–Kier alpha value is -2.34. The summed E-state index contributed by atoms with van der Waals surface area (Å²) in [4.78, 5) is 12.2. The highest BCUT2D eigenvalue weighted by atomic mass is 35.5. The molecule has 1 aliphatic heterocycles. The SMILES string of the molecule is O=C(Nc1cc(F)ccc1F)c1cc(Cl)c2c(c1)OCCO2. The fourth-order valence-corrected chi connectivity index (χ4v) is 2.29. The zero-order chi connectivity index (χ0) is 15.7. The van der Waals surface area contributed by atoms with Gasteiger partial charge in [0.25, 0.3) is 5.91 Å². The lowest BCUT2D eigenvalue weighted by Crippen LogP contribution is -2.18. The summed E-state index contributed by atoms with van der Waals surface area (Å²) >= 11 is 6.03. The van der Waals surface area contributed by atoms with Gasteiger partial charge in [-0.25, -0.2) is 8.78 Å². The summed E-state index contributed by atoms with van der Waals surface area (Å²) in [6, 6.07) is 5.61. The molecule has 0 unspecified atom stereocenters. The largest absolute Gasteiger partial charge is 0.486 e. The average Bonchev–Trinajstić information content (AvgIpc) is 2.51. The number of amides is 1. The van der Waals surface area contributed by atoms with Crippen molar-refractivity contribution in [3.63, 3.8) is 0 Å². The number of hydrogen-bond acceptors (Lipinski definition) is 3. The number of carbonyl (C=O) groups is 1. The molecule has 0 fully saturated rings. The summed E-state index contributed by atoms with van der Waals surface area (Å²) in [6.07, 6.45) is 0. The van der Waals surface area contributed by atoms with E-state index < -0.39 is 17.5 Å². The molecule has 1 aliphatic rings. The van der Waals surface area contributed by atoms with Crippen LogP contribution in [0.2, 0.25) is 5.02 Å². The molecule has 7 heteroatoms. The van der Waals surface area contributed by atoms with Crippen LogP contribution in [0.4, 0.5) is 14.5 Å². The lowest BCUT2D eigenvalue weighted by atomic mass is 10.1. The van der Waals surface area contributed by atoms with E-state index in [9.17, 15) is 13.6 Å². The molecule has 114 valence electrons. The van der Waals surface area contributed by atoms with Crippen LogP contribution in [0.25, 0.3) is 0 Å². The lowest BCUT2D eigenvalue weighted by Gasteiger charge is -2.20. The summed E-state index contributed by atoms with van der Waals surface area (Å²) in [5.74, 6) is -1.33. The molecule has 0 aliphatic carbocycles. The Morgan fingerprint density at radius 3 is 2.73 bits per heavy atom. The standard InChI is InChI=1S/C15H10ClF2NO3/c16-10-5-8(6-13-14(10)22-4-3-21-13)15(20)19-12-7-9(17)1-2-11(12)18/h1-2,5-7H,3-4H2,(H,19,20). The maximum atomic E-state index is 13.5. The molecule has 0 atom stereocenters. The van der Waals surface area contributed by atoms with E-state index >= 15 is 0 Å². The van der Waals surface area contributed by atoms with Crippen molar-refractivity contribution in [1.82, 2.24) is 0 Å². The first-order valence-electron chi connectivity index (χ1n) is 6.40. The molecule has 0 saturated heterocycles. The molecule has 1 amide bonds. The average molecular weight is 326 g/mol. The summed E-state index contributed by atoms with van der Waals surface area (Å²) < 4.78 is 37.4. The van der Waals surface area contributed by atoms with Gasteiger partial charge in [0.15, 0.2) is 11.5 Å². The monoisotopic (exact) mass is 325 g/mol. The highest BCUT2D eigenvalue weighted by Gasteiger charge is 2.20. The van der Waals surface area contributed by atoms with Crippen molar-refractivity contribution in [2.45, 2.75) is 0 Å². The normalized spacial score (nSPS) is 12.9. The fourth-order valence-electron chi connectivity index (χ4n) is 2.03. The summed E-state index contributed by atoms with van der Waals surface area (Å²) in [7, 11) is 0. The van der Waals surface area contributed by atoms with Crippen molar-refractivity contribution >= 4 is 23.2 Å². The molecule has 3 rings (SSSR count). The molecule has 0 aromatic heterocycles. The Morgan fingerprint density at radius 1 is 1.14 bits per heavy atom. The number of benzene rings is 2. The van der Waals surface area contributed by atoms with E-state index in [-0.39, 0.29) is 16.3 Å². The number of ether oxygens (including phenoxy) is 2. The second-order valence-corrected chi connectivity index (χ2v) is 4.97. The van der Waals surface area contributed by atoms with Crippen molar-refractivity contribution in [2.24, 2.45) is 0 Å². The van der Waals surface area contributed by atoms with Crippen LogP contribution in [0, 0.1) is 11.6 Å². The summed E-state index contributed by atoms with van der Waals surface area (Å²) in [5.41, 5.74) is -0.103. The second kappa shape index (κ2) is 5.81. The molecule has 0 radical (unpaired) electrons. The molecule has 2 aromatic carbocycles. The van der Waals surface area contributed by atoms with Gasteiger partial charge in [-0.3, -0.25) is 4.79 Å². The Labute approximate surface area is 129 Å². The first-order valence-corrected chi connectivity index (χ1v) is 6.78. The van der Waals surface area contributed by atoms with Crippen LogP contribution < -0.4 is 14.8 Å². The van der Waals surface area contributed by atoms with E-state index in [0.717, 1.165) is 18.2 Å². The minimum absolute atomic E-state index is 0.151. The fraction of sp³-hybridized carbons (Fsp3) is 0.133. The maximum absolute atomic E-state index is 13.5. The van der Waals surface area contributed by atoms with E-state index in [4.69, 9.17) is 21.1 Å². The van der Waals surface area contributed by atoms with Gasteiger partial charge in [0, 0.05) is 11.6 Å². The first-order chi connectivity index (χ1) is 10.5. The number of anilines is 1. The maximum Gasteiger partial charge on any atom is 0.255 e. The van der Waals surface area contributed by atoms with E-state index in [1.807, 2.05) is 0 Å². The molecule has 4 nitrogen and oxygen atoms in total. The van der Waals surface area contributed by atoms with Gasteiger partial charge in [0.1, 0.15) is 24.8 Å². The molecular formula is C15H10ClF2NO3. The van der Waals surface area contributed by atoms with Crippen molar-refractivity contribution in [2.75, 3.05) is 18.5 Å². The minimum Gasteiger partial charge on any atom is -0.486 e. The van der Waals surface area contributed by atoms with Gasteiger partial charge >= 0.3 is 0 Å². The smallest absolute Gasteiger partial charge is 0.255 e. The molecular weight excluding hydrogens is 316 g/mol. The highest BCUT2D eigenvalue weighted by molar-refractivity contribution is 6.32. The molecule has 0 spiro atoms. The van der Waals surface area contributed by atoms with Gasteiger partial charge in [-0.05, 0) is 24.3 Å². The first kappa shape index (κ1) is 14.6. The number of hydrogen-bond donors (Lipinski definition) is 1. The van der Waals surface area contributed by atoms with Gasteiger partial charge in [-0.2, -0.15) is 0 Å². The molecule has 2 aromatic rings. The second-order valence-electron chi connectivity index (χ2n) is 4.56. The quantitative estimate of drug-likeness (QED) is 0.917. The van der Waals surface area contributed by atoms with Crippen molar-refractivity contribution in [1.29, 1.82) is 0 Å². The third-order valence-corrected chi connectivity index (χ3v) is 3.32. The zero-order valence-electron chi connectivity index (χ0n) is 11.2. The van der Waals surface area contributed by atoms with Gasteiger partial charge < -0.3 is 14.8 Å². The number of fused-ring (bicyclic) bond motifs is 1. The Morgan fingerprint density at radius 2 is 1.91 bits per heavy atom. The molecule has 1 N–H and O–H groups in total. The predicted molar refractivity (Wildman–Crippen MR) is 76.8 cm³/mol. The third-order valence-electron chi connectivity index (χ3n) is 3.04. The van der Waals surface area contributed by atoms with E-state index in [1.54, 1.807) is 0 Å². The minimum atomic E-state index is -0.738. The number of carbonyl (C=O) groups excluding carboxylic acids is 1. The van der Waals surface area contributed by atoms with Crippen molar-refractivity contribution in [3.05, 3.63) is 52.6 Å². The summed E-state index contributed by atoms with van der Waals surface area (Å²) in [6.45, 7) is 0.708. The van der Waals surface area contributed by atoms with Crippen molar-refractivity contribution in [3.8, 4) is 11.5 Å². The summed E-state index contributed by atoms with van der Waals surface area (Å²) in [5, 5.41) is 2.50. The molecule has 1 heterocycles. The molecule has 0 bridgehead atoms. The number of halogens is 3. The lowest BCUT2D eigenvalue weighted by molar-refractivity contribution is 0.102.